The van der Waals surface area contributed by atoms with E-state index in [1.165, 1.54) is 4.90 Å². The van der Waals surface area contributed by atoms with Crippen molar-refractivity contribution in [3.05, 3.63) is 0 Å². The van der Waals surface area contributed by atoms with Crippen LogP contribution in [0.2, 0.25) is 0 Å². The third-order valence-electron chi connectivity index (χ3n) is 1.63. The average Bonchev–Trinajstić information content (AvgIpc) is 2.12. The molecule has 82 valence electrons. The van der Waals surface area contributed by atoms with Crippen molar-refractivity contribution in [3.8, 4) is 0 Å². The summed E-state index contributed by atoms with van der Waals surface area (Å²) in [5, 5.41) is 8.55. The van der Waals surface area contributed by atoms with E-state index >= 15 is 0 Å². The van der Waals surface area contributed by atoms with Crippen LogP contribution in [-0.2, 0) is 9.53 Å². The monoisotopic (exact) mass is 203 g/mol. The van der Waals surface area contributed by atoms with Gasteiger partial charge in [-0.2, -0.15) is 0 Å². The summed E-state index contributed by atoms with van der Waals surface area (Å²) in [5.41, 5.74) is 0. The molecule has 0 radical (unpaired) electrons. The van der Waals surface area contributed by atoms with Gasteiger partial charge in [-0.15, -0.1) is 0 Å². The Labute approximate surface area is 83.6 Å². The van der Waals surface area contributed by atoms with Crippen LogP contribution in [0.1, 0.15) is 26.7 Å². The van der Waals surface area contributed by atoms with Crippen molar-refractivity contribution in [1.82, 2.24) is 4.90 Å². The van der Waals surface area contributed by atoms with Gasteiger partial charge in [0.15, 0.2) is 0 Å². The predicted octanol–water partition coefficient (Wildman–Crippen LogP) is 1.33. The quantitative estimate of drug-likeness (QED) is 0.707. The molecule has 0 bridgehead atoms. The maximum absolute atomic E-state index is 11.2. The molecule has 0 aromatic rings. The molecule has 0 aliphatic heterocycles. The van der Waals surface area contributed by atoms with Gasteiger partial charge in [0.2, 0.25) is 0 Å². The first-order valence-electron chi connectivity index (χ1n) is 4.75. The van der Waals surface area contributed by atoms with Gasteiger partial charge in [-0.3, -0.25) is 9.69 Å². The molecule has 0 aromatic heterocycles. The fourth-order valence-corrected chi connectivity index (χ4v) is 0.962. The first-order chi connectivity index (χ1) is 6.61. The Morgan fingerprint density at radius 2 is 2.00 bits per heavy atom. The largest absolute Gasteiger partial charge is 0.480 e. The van der Waals surface area contributed by atoms with Crippen molar-refractivity contribution >= 4 is 12.1 Å². The number of carboxylic acid groups (broad SMARTS) is 1. The standard InChI is InChI=1S/C9H17NO4/c1-3-5-6-10(7-8(11)12)9(13)14-4-2/h3-7H2,1-2H3,(H,11,12). The van der Waals surface area contributed by atoms with E-state index in [1.54, 1.807) is 6.92 Å². The van der Waals surface area contributed by atoms with Crippen LogP contribution < -0.4 is 0 Å². The van der Waals surface area contributed by atoms with Gasteiger partial charge in [-0.05, 0) is 13.3 Å². The Morgan fingerprint density at radius 3 is 2.43 bits per heavy atom. The smallest absolute Gasteiger partial charge is 0.410 e. The number of unbranched alkanes of at least 4 members (excludes halogenated alkanes) is 1. The number of carbonyl (C=O) groups is 2. The molecule has 14 heavy (non-hydrogen) atoms. The molecule has 1 N–H and O–H groups in total. The first kappa shape index (κ1) is 12.7. The summed E-state index contributed by atoms with van der Waals surface area (Å²) in [5.74, 6) is -1.02. The zero-order valence-corrected chi connectivity index (χ0v) is 8.65. The van der Waals surface area contributed by atoms with Crippen molar-refractivity contribution in [3.63, 3.8) is 0 Å². The highest BCUT2D eigenvalue weighted by Gasteiger charge is 2.16. The Bertz CT molecular complexity index is 193. The van der Waals surface area contributed by atoms with Gasteiger partial charge in [0.1, 0.15) is 6.54 Å². The van der Waals surface area contributed by atoms with E-state index in [0.717, 1.165) is 12.8 Å². The Kier molecular flexibility index (Phi) is 6.53. The van der Waals surface area contributed by atoms with Gasteiger partial charge in [0.05, 0.1) is 6.61 Å². The molecule has 5 nitrogen and oxygen atoms in total. The van der Waals surface area contributed by atoms with Crippen molar-refractivity contribution in [2.45, 2.75) is 26.7 Å². The molecule has 0 rings (SSSR count). The number of nitrogens with zero attached hydrogens (tertiary/aromatic N) is 1. The topological polar surface area (TPSA) is 66.8 Å². The average molecular weight is 203 g/mol. The van der Waals surface area contributed by atoms with Gasteiger partial charge in [0.25, 0.3) is 0 Å². The van der Waals surface area contributed by atoms with Crippen molar-refractivity contribution < 1.29 is 19.4 Å². The van der Waals surface area contributed by atoms with E-state index < -0.39 is 12.1 Å². The van der Waals surface area contributed by atoms with Crippen LogP contribution in [0.15, 0.2) is 0 Å². The Morgan fingerprint density at radius 1 is 1.36 bits per heavy atom. The second-order valence-corrected chi connectivity index (χ2v) is 2.87. The molecule has 0 aliphatic rings. The molecule has 0 unspecified atom stereocenters. The van der Waals surface area contributed by atoms with E-state index in [9.17, 15) is 9.59 Å². The number of carboxylic acids is 1. The second-order valence-electron chi connectivity index (χ2n) is 2.87. The van der Waals surface area contributed by atoms with E-state index in [1.807, 2.05) is 6.92 Å². The number of carbonyl (C=O) groups excluding carboxylic acids is 1. The minimum Gasteiger partial charge on any atom is -0.480 e. The summed E-state index contributed by atoms with van der Waals surface area (Å²) in [7, 11) is 0. The second kappa shape index (κ2) is 7.17. The summed E-state index contributed by atoms with van der Waals surface area (Å²) in [6.07, 6.45) is 1.14. The van der Waals surface area contributed by atoms with Crippen LogP contribution in [0.5, 0.6) is 0 Å². The Hall–Kier alpha value is -1.26. The van der Waals surface area contributed by atoms with Crippen LogP contribution >= 0.6 is 0 Å². The first-order valence-corrected chi connectivity index (χ1v) is 4.75. The molecule has 0 spiro atoms. The minimum absolute atomic E-state index is 0.265. The van der Waals surface area contributed by atoms with E-state index in [0.29, 0.717) is 6.54 Å². The van der Waals surface area contributed by atoms with Crippen LogP contribution in [-0.4, -0.2) is 41.8 Å². The number of aliphatic carboxylic acids is 1. The highest BCUT2D eigenvalue weighted by atomic mass is 16.6. The summed E-state index contributed by atoms with van der Waals surface area (Å²) in [6.45, 7) is 4.07. The number of hydrogen-bond donors (Lipinski definition) is 1. The number of amides is 1. The highest BCUT2D eigenvalue weighted by Crippen LogP contribution is 1.98. The number of hydrogen-bond acceptors (Lipinski definition) is 3. The minimum atomic E-state index is -1.02. The van der Waals surface area contributed by atoms with E-state index in [2.05, 4.69) is 0 Å². The van der Waals surface area contributed by atoms with Crippen LogP contribution in [0.3, 0.4) is 0 Å². The fourth-order valence-electron chi connectivity index (χ4n) is 0.962. The lowest BCUT2D eigenvalue weighted by Gasteiger charge is -2.19. The normalized spacial score (nSPS) is 9.57. The SMILES string of the molecule is CCCCN(CC(=O)O)C(=O)OCC. The molecule has 5 heteroatoms. The zero-order valence-electron chi connectivity index (χ0n) is 8.65. The van der Waals surface area contributed by atoms with Crippen LogP contribution in [0, 0.1) is 0 Å². The van der Waals surface area contributed by atoms with Gasteiger partial charge >= 0.3 is 12.1 Å². The molecule has 0 saturated heterocycles. The molecular formula is C9H17NO4. The summed E-state index contributed by atoms with van der Waals surface area (Å²) >= 11 is 0. The van der Waals surface area contributed by atoms with Crippen LogP contribution in [0.4, 0.5) is 4.79 Å². The predicted molar refractivity (Wildman–Crippen MR) is 51.1 cm³/mol. The van der Waals surface area contributed by atoms with Crippen molar-refractivity contribution in [1.29, 1.82) is 0 Å². The molecule has 0 atom stereocenters. The third kappa shape index (κ3) is 5.40. The summed E-state index contributed by atoms with van der Waals surface area (Å²) < 4.78 is 4.73. The number of rotatable bonds is 6. The number of ether oxygens (including phenoxy) is 1. The van der Waals surface area contributed by atoms with Crippen molar-refractivity contribution in [2.75, 3.05) is 19.7 Å². The Balaban J connectivity index is 4.08. The molecule has 0 fully saturated rings. The van der Waals surface area contributed by atoms with Crippen molar-refractivity contribution in [2.24, 2.45) is 0 Å². The lowest BCUT2D eigenvalue weighted by atomic mass is 10.3. The summed E-state index contributed by atoms with van der Waals surface area (Å²) in [4.78, 5) is 22.9. The van der Waals surface area contributed by atoms with E-state index in [-0.39, 0.29) is 13.2 Å². The molecule has 0 saturated carbocycles. The fraction of sp³-hybridized carbons (Fsp3) is 0.778. The lowest BCUT2D eigenvalue weighted by Crippen LogP contribution is -2.36. The lowest BCUT2D eigenvalue weighted by molar-refractivity contribution is -0.138. The highest BCUT2D eigenvalue weighted by molar-refractivity contribution is 5.76. The third-order valence-corrected chi connectivity index (χ3v) is 1.63. The maximum atomic E-state index is 11.2. The molecule has 0 aromatic carbocycles. The van der Waals surface area contributed by atoms with Gasteiger partial charge in [-0.25, -0.2) is 4.79 Å². The van der Waals surface area contributed by atoms with Gasteiger partial charge < -0.3 is 9.84 Å². The molecule has 1 amide bonds. The van der Waals surface area contributed by atoms with Gasteiger partial charge in [0, 0.05) is 6.54 Å². The van der Waals surface area contributed by atoms with Crippen LogP contribution in [0.25, 0.3) is 0 Å². The summed E-state index contributed by atoms with van der Waals surface area (Å²) in [6, 6.07) is 0. The molecule has 0 heterocycles. The maximum Gasteiger partial charge on any atom is 0.410 e. The van der Waals surface area contributed by atoms with Gasteiger partial charge in [-0.1, -0.05) is 13.3 Å². The molecule has 0 aliphatic carbocycles. The van der Waals surface area contributed by atoms with E-state index in [4.69, 9.17) is 9.84 Å². The zero-order chi connectivity index (χ0) is 11.0. The molecular weight excluding hydrogens is 186 g/mol.